The number of aliphatic hydroxyl groups is 1. The second kappa shape index (κ2) is 6.54. The highest BCUT2D eigenvalue weighted by atomic mass is 79.9. The molecule has 126 valence electrons. The zero-order chi connectivity index (χ0) is 17.4. The van der Waals surface area contributed by atoms with Gasteiger partial charge in [0.1, 0.15) is 17.3 Å². The maximum absolute atomic E-state index is 13.7. The van der Waals surface area contributed by atoms with E-state index in [1.807, 2.05) is 0 Å². The van der Waals surface area contributed by atoms with Crippen molar-refractivity contribution in [3.8, 4) is 0 Å². The summed E-state index contributed by atoms with van der Waals surface area (Å²) < 4.78 is 70.8. The van der Waals surface area contributed by atoms with Crippen molar-refractivity contribution in [3.05, 3.63) is 51.3 Å². The van der Waals surface area contributed by atoms with E-state index in [1.54, 1.807) is 0 Å². The molecule has 0 amide bonds. The second-order valence-corrected chi connectivity index (χ2v) is 5.28. The van der Waals surface area contributed by atoms with Crippen molar-refractivity contribution >= 4 is 15.9 Å². The van der Waals surface area contributed by atoms with Crippen LogP contribution in [0.15, 0.2) is 22.7 Å². The van der Waals surface area contributed by atoms with Gasteiger partial charge in [-0.3, -0.25) is 4.68 Å². The van der Waals surface area contributed by atoms with E-state index in [-0.39, 0.29) is 0 Å². The Kier molecular flexibility index (Phi) is 5.07. The fourth-order valence-corrected chi connectivity index (χ4v) is 2.64. The lowest BCUT2D eigenvalue weighted by Crippen LogP contribution is -2.14. The van der Waals surface area contributed by atoms with Crippen molar-refractivity contribution in [1.82, 2.24) is 9.78 Å². The summed E-state index contributed by atoms with van der Waals surface area (Å²) in [4.78, 5) is 0. The third-order valence-electron chi connectivity index (χ3n) is 3.03. The van der Waals surface area contributed by atoms with Crippen LogP contribution >= 0.6 is 15.9 Å². The molecule has 0 fully saturated rings. The van der Waals surface area contributed by atoms with Gasteiger partial charge in [0, 0.05) is 12.7 Å². The van der Waals surface area contributed by atoms with Crippen molar-refractivity contribution in [2.24, 2.45) is 0 Å². The molecule has 0 aliphatic heterocycles. The number of rotatable bonds is 4. The van der Waals surface area contributed by atoms with Gasteiger partial charge in [0.15, 0.2) is 12.0 Å². The summed E-state index contributed by atoms with van der Waals surface area (Å²) in [6.07, 6.45) is -6.58. The molecule has 1 unspecified atom stereocenters. The molecule has 0 spiro atoms. The Balaban J connectivity index is 2.57. The number of aliphatic hydroxyl groups excluding tert-OH is 1. The molecule has 23 heavy (non-hydrogen) atoms. The average Bonchev–Trinajstić information content (AvgIpc) is 2.79. The van der Waals surface area contributed by atoms with Crippen LogP contribution in [0.5, 0.6) is 0 Å². The smallest absolute Gasteiger partial charge is 0.363 e. The van der Waals surface area contributed by atoms with Crippen LogP contribution in [-0.4, -0.2) is 22.0 Å². The van der Waals surface area contributed by atoms with Gasteiger partial charge in [-0.25, -0.2) is 8.78 Å². The molecular formula is C13H10BrF5N2O2. The highest BCUT2D eigenvalue weighted by Crippen LogP contribution is 2.38. The summed E-state index contributed by atoms with van der Waals surface area (Å²) in [5, 5.41) is 13.0. The van der Waals surface area contributed by atoms with Crippen molar-refractivity contribution in [3.63, 3.8) is 0 Å². The maximum atomic E-state index is 13.7. The Morgan fingerprint density at radius 2 is 1.87 bits per heavy atom. The molecule has 1 N–H and O–H groups in total. The first-order chi connectivity index (χ1) is 10.7. The van der Waals surface area contributed by atoms with E-state index in [0.29, 0.717) is 4.68 Å². The summed E-state index contributed by atoms with van der Waals surface area (Å²) in [6, 6.07) is 3.06. The molecular weight excluding hydrogens is 391 g/mol. The molecule has 0 bridgehead atoms. The van der Waals surface area contributed by atoms with Gasteiger partial charge in [0.25, 0.3) is 0 Å². The van der Waals surface area contributed by atoms with Gasteiger partial charge in [-0.2, -0.15) is 18.3 Å². The topological polar surface area (TPSA) is 47.3 Å². The molecule has 10 heteroatoms. The van der Waals surface area contributed by atoms with Crippen LogP contribution in [0.2, 0.25) is 0 Å². The van der Waals surface area contributed by atoms with Crippen LogP contribution in [0.25, 0.3) is 0 Å². The minimum absolute atomic E-state index is 0.400. The Hall–Kier alpha value is -1.52. The van der Waals surface area contributed by atoms with Gasteiger partial charge in [-0.05, 0) is 28.1 Å². The Morgan fingerprint density at radius 1 is 1.30 bits per heavy atom. The molecule has 0 saturated carbocycles. The molecule has 4 nitrogen and oxygen atoms in total. The standard InChI is InChI=1S/C13H10BrF5N2O2/c1-23-12(22)10-9(14)11(13(17,18)19)20-21(10)5-6-7(15)3-2-4-8(6)16/h2-4,12,22H,5H2,1H3. The lowest BCUT2D eigenvalue weighted by atomic mass is 10.2. The van der Waals surface area contributed by atoms with Gasteiger partial charge in [0.2, 0.25) is 0 Å². The van der Waals surface area contributed by atoms with Gasteiger partial charge in [0.05, 0.1) is 11.0 Å². The first-order valence-electron chi connectivity index (χ1n) is 6.14. The number of benzene rings is 1. The number of hydrogen-bond donors (Lipinski definition) is 1. The summed E-state index contributed by atoms with van der Waals surface area (Å²) in [5.41, 5.74) is -2.22. The molecule has 0 aliphatic rings. The minimum Gasteiger partial charge on any atom is -0.363 e. The molecule has 1 atom stereocenters. The molecule has 2 aromatic rings. The number of hydrogen-bond acceptors (Lipinski definition) is 3. The number of alkyl halides is 3. The number of aromatic nitrogens is 2. The third-order valence-corrected chi connectivity index (χ3v) is 3.81. The molecule has 0 aliphatic carbocycles. The molecule has 1 aromatic heterocycles. The van der Waals surface area contributed by atoms with Gasteiger partial charge >= 0.3 is 6.18 Å². The molecule has 1 heterocycles. The van der Waals surface area contributed by atoms with Crippen LogP contribution < -0.4 is 0 Å². The number of ether oxygens (including phenoxy) is 1. The predicted octanol–water partition coefficient (Wildman–Crippen LogP) is 3.63. The first kappa shape index (κ1) is 17.8. The summed E-state index contributed by atoms with van der Waals surface area (Å²) in [6.45, 7) is -0.650. The van der Waals surface area contributed by atoms with Crippen LogP contribution in [-0.2, 0) is 17.5 Å². The van der Waals surface area contributed by atoms with Crippen LogP contribution in [0.3, 0.4) is 0 Å². The zero-order valence-corrected chi connectivity index (χ0v) is 13.1. The van der Waals surface area contributed by atoms with Crippen LogP contribution in [0.4, 0.5) is 22.0 Å². The quantitative estimate of drug-likeness (QED) is 0.629. The van der Waals surface area contributed by atoms with E-state index in [0.717, 1.165) is 25.3 Å². The Bertz CT molecular complexity index is 697. The van der Waals surface area contributed by atoms with Crippen molar-refractivity contribution < 1.29 is 31.8 Å². The van der Waals surface area contributed by atoms with E-state index in [2.05, 4.69) is 25.8 Å². The lowest BCUT2D eigenvalue weighted by Gasteiger charge is -2.13. The average molecular weight is 401 g/mol. The van der Waals surface area contributed by atoms with Crippen molar-refractivity contribution in [1.29, 1.82) is 0 Å². The number of nitrogens with zero attached hydrogens (tertiary/aromatic N) is 2. The van der Waals surface area contributed by atoms with E-state index in [9.17, 15) is 27.1 Å². The highest BCUT2D eigenvalue weighted by Gasteiger charge is 2.40. The maximum Gasteiger partial charge on any atom is 0.436 e. The SMILES string of the molecule is COC(O)c1c(Br)c(C(F)(F)F)nn1Cc1c(F)cccc1F. The summed E-state index contributed by atoms with van der Waals surface area (Å²) in [7, 11) is 1.06. The zero-order valence-electron chi connectivity index (χ0n) is 11.5. The summed E-state index contributed by atoms with van der Waals surface area (Å²) in [5.74, 6) is -1.88. The van der Waals surface area contributed by atoms with Crippen LogP contribution in [0, 0.1) is 11.6 Å². The summed E-state index contributed by atoms with van der Waals surface area (Å²) >= 11 is 2.70. The normalized spacial score (nSPS) is 13.4. The fourth-order valence-electron chi connectivity index (χ4n) is 1.94. The lowest BCUT2D eigenvalue weighted by molar-refractivity contribution is -0.142. The van der Waals surface area contributed by atoms with Gasteiger partial charge in [-0.1, -0.05) is 6.07 Å². The Labute approximate surface area is 135 Å². The molecule has 2 rings (SSSR count). The fraction of sp³-hybridized carbons (Fsp3) is 0.308. The van der Waals surface area contributed by atoms with Crippen LogP contribution in [0.1, 0.15) is 23.2 Å². The number of halogens is 6. The Morgan fingerprint density at radius 3 is 2.35 bits per heavy atom. The van der Waals surface area contributed by atoms with E-state index < -0.39 is 52.1 Å². The van der Waals surface area contributed by atoms with Crippen molar-refractivity contribution in [2.45, 2.75) is 19.0 Å². The highest BCUT2D eigenvalue weighted by molar-refractivity contribution is 9.10. The van der Waals surface area contributed by atoms with Crippen molar-refractivity contribution in [2.75, 3.05) is 7.11 Å². The number of methoxy groups -OCH3 is 1. The molecule has 0 radical (unpaired) electrons. The molecule has 0 saturated heterocycles. The van der Waals surface area contributed by atoms with E-state index >= 15 is 0 Å². The molecule has 1 aromatic carbocycles. The van der Waals surface area contributed by atoms with Gasteiger partial charge in [-0.15, -0.1) is 0 Å². The first-order valence-corrected chi connectivity index (χ1v) is 6.93. The third kappa shape index (κ3) is 3.54. The largest absolute Gasteiger partial charge is 0.436 e. The minimum atomic E-state index is -4.82. The van der Waals surface area contributed by atoms with E-state index in [1.165, 1.54) is 0 Å². The predicted molar refractivity (Wildman–Crippen MR) is 72.4 cm³/mol. The van der Waals surface area contributed by atoms with Gasteiger partial charge < -0.3 is 9.84 Å². The van der Waals surface area contributed by atoms with E-state index in [4.69, 9.17) is 0 Å². The monoisotopic (exact) mass is 400 g/mol. The second-order valence-electron chi connectivity index (χ2n) is 4.49.